The maximum Gasteiger partial charge on any atom is 0.165 e. The number of hydrogen-bond acceptors (Lipinski definition) is 2. The lowest BCUT2D eigenvalue weighted by molar-refractivity contribution is 0.374. The Hall–Kier alpha value is -1.55. The third-order valence-corrected chi connectivity index (χ3v) is 2.93. The highest BCUT2D eigenvalue weighted by Gasteiger charge is 2.13. The Morgan fingerprint density at radius 3 is 2.65 bits per heavy atom. The van der Waals surface area contributed by atoms with Crippen molar-refractivity contribution in [1.29, 1.82) is 0 Å². The number of rotatable bonds is 2. The molecular weight excluding hydrogens is 287 g/mol. The van der Waals surface area contributed by atoms with E-state index < -0.39 is 5.82 Å². The fourth-order valence-electron chi connectivity index (χ4n) is 1.61. The molecule has 0 aliphatic heterocycles. The number of phenolic OH excluding ortho intramolecular Hbond substituents is 1. The van der Waals surface area contributed by atoms with Crippen LogP contribution in [-0.4, -0.2) is 12.2 Å². The van der Waals surface area contributed by atoms with E-state index in [0.717, 1.165) is 4.47 Å². The number of benzene rings is 2. The van der Waals surface area contributed by atoms with Crippen LogP contribution in [0.25, 0.3) is 11.1 Å². The van der Waals surface area contributed by atoms with Gasteiger partial charge in [0.2, 0.25) is 0 Å². The number of methoxy groups -OCH3 is 1. The van der Waals surface area contributed by atoms with Crippen LogP contribution in [0.3, 0.4) is 0 Å². The van der Waals surface area contributed by atoms with Gasteiger partial charge in [-0.15, -0.1) is 0 Å². The smallest absolute Gasteiger partial charge is 0.165 e. The summed E-state index contributed by atoms with van der Waals surface area (Å²) in [6, 6.07) is 9.53. The molecule has 0 aromatic heterocycles. The molecule has 0 bridgehead atoms. The van der Waals surface area contributed by atoms with Crippen LogP contribution < -0.4 is 4.74 Å². The molecule has 0 saturated heterocycles. The predicted molar refractivity (Wildman–Crippen MR) is 67.8 cm³/mol. The SMILES string of the molecule is COc1cccc(-c2cc(Br)ccc2F)c1O. The molecule has 0 amide bonds. The first-order valence-corrected chi connectivity index (χ1v) is 5.74. The lowest BCUT2D eigenvalue weighted by atomic mass is 10.0. The molecule has 2 aromatic carbocycles. The molecule has 0 unspecified atom stereocenters. The summed E-state index contributed by atoms with van der Waals surface area (Å²) >= 11 is 3.27. The summed E-state index contributed by atoms with van der Waals surface area (Å²) in [7, 11) is 1.45. The van der Waals surface area contributed by atoms with Crippen molar-refractivity contribution >= 4 is 15.9 Å². The van der Waals surface area contributed by atoms with Gasteiger partial charge in [-0.05, 0) is 24.3 Å². The van der Waals surface area contributed by atoms with Crippen molar-refractivity contribution in [1.82, 2.24) is 0 Å². The van der Waals surface area contributed by atoms with Crippen molar-refractivity contribution in [2.75, 3.05) is 7.11 Å². The van der Waals surface area contributed by atoms with E-state index in [1.54, 1.807) is 30.3 Å². The molecule has 0 fully saturated rings. The van der Waals surface area contributed by atoms with E-state index in [4.69, 9.17) is 4.74 Å². The van der Waals surface area contributed by atoms with E-state index in [9.17, 15) is 9.50 Å². The van der Waals surface area contributed by atoms with E-state index in [2.05, 4.69) is 15.9 Å². The molecule has 0 heterocycles. The summed E-state index contributed by atoms with van der Waals surface area (Å²) in [5.41, 5.74) is 0.735. The van der Waals surface area contributed by atoms with Crippen molar-refractivity contribution in [3.63, 3.8) is 0 Å². The molecule has 0 saturated carbocycles. The van der Waals surface area contributed by atoms with Crippen LogP contribution in [0, 0.1) is 5.82 Å². The van der Waals surface area contributed by atoms with Crippen LogP contribution in [0.1, 0.15) is 0 Å². The second-order valence-electron chi connectivity index (χ2n) is 3.48. The Morgan fingerprint density at radius 1 is 1.18 bits per heavy atom. The number of para-hydroxylation sites is 1. The zero-order valence-corrected chi connectivity index (χ0v) is 10.7. The minimum absolute atomic E-state index is 0.0630. The third kappa shape index (κ3) is 2.26. The van der Waals surface area contributed by atoms with Gasteiger partial charge < -0.3 is 9.84 Å². The number of hydrogen-bond donors (Lipinski definition) is 1. The first kappa shape index (κ1) is 11.9. The summed E-state index contributed by atoms with van der Waals surface area (Å²) in [6.45, 7) is 0. The Labute approximate surface area is 107 Å². The molecule has 88 valence electrons. The fraction of sp³-hybridized carbons (Fsp3) is 0.0769. The molecule has 0 aliphatic carbocycles. The van der Waals surface area contributed by atoms with Gasteiger partial charge in [0.15, 0.2) is 11.5 Å². The Bertz CT molecular complexity index is 555. The first-order valence-electron chi connectivity index (χ1n) is 4.95. The topological polar surface area (TPSA) is 29.5 Å². The van der Waals surface area contributed by atoms with Crippen LogP contribution in [0.4, 0.5) is 4.39 Å². The molecule has 17 heavy (non-hydrogen) atoms. The van der Waals surface area contributed by atoms with Crippen molar-refractivity contribution in [2.24, 2.45) is 0 Å². The molecule has 2 rings (SSSR count). The molecule has 0 spiro atoms. The van der Waals surface area contributed by atoms with Crippen molar-refractivity contribution in [2.45, 2.75) is 0 Å². The largest absolute Gasteiger partial charge is 0.504 e. The average Bonchev–Trinajstić information content (AvgIpc) is 2.33. The maximum atomic E-state index is 13.7. The monoisotopic (exact) mass is 296 g/mol. The zero-order chi connectivity index (χ0) is 12.4. The summed E-state index contributed by atoms with van der Waals surface area (Å²) in [6.07, 6.45) is 0. The Kier molecular flexibility index (Phi) is 3.33. The van der Waals surface area contributed by atoms with Gasteiger partial charge in [0.05, 0.1) is 7.11 Å². The lowest BCUT2D eigenvalue weighted by Gasteiger charge is -2.09. The van der Waals surface area contributed by atoms with Gasteiger partial charge in [-0.1, -0.05) is 28.1 Å². The molecular formula is C13H10BrFO2. The van der Waals surface area contributed by atoms with Crippen molar-refractivity contribution in [3.8, 4) is 22.6 Å². The third-order valence-electron chi connectivity index (χ3n) is 2.44. The highest BCUT2D eigenvalue weighted by molar-refractivity contribution is 9.10. The van der Waals surface area contributed by atoms with E-state index >= 15 is 0 Å². The van der Waals surface area contributed by atoms with Crippen LogP contribution in [0.15, 0.2) is 40.9 Å². The van der Waals surface area contributed by atoms with Crippen LogP contribution in [0.5, 0.6) is 11.5 Å². The molecule has 0 aliphatic rings. The van der Waals surface area contributed by atoms with Gasteiger partial charge in [0.1, 0.15) is 5.82 Å². The maximum absolute atomic E-state index is 13.7. The number of phenols is 1. The standard InChI is InChI=1S/C13H10BrFO2/c1-17-12-4-2-3-9(13(12)16)10-7-8(14)5-6-11(10)15/h2-7,16H,1H3. The highest BCUT2D eigenvalue weighted by Crippen LogP contribution is 2.38. The predicted octanol–water partition coefficient (Wildman–Crippen LogP) is 3.97. The van der Waals surface area contributed by atoms with E-state index in [-0.39, 0.29) is 5.75 Å². The van der Waals surface area contributed by atoms with Crippen LogP contribution >= 0.6 is 15.9 Å². The van der Waals surface area contributed by atoms with Gasteiger partial charge in [0, 0.05) is 15.6 Å². The highest BCUT2D eigenvalue weighted by atomic mass is 79.9. The number of aromatic hydroxyl groups is 1. The number of halogens is 2. The molecule has 4 heteroatoms. The second-order valence-corrected chi connectivity index (χ2v) is 4.40. The van der Waals surface area contributed by atoms with Gasteiger partial charge in [0.25, 0.3) is 0 Å². The van der Waals surface area contributed by atoms with Gasteiger partial charge in [-0.25, -0.2) is 4.39 Å². The summed E-state index contributed by atoms with van der Waals surface area (Å²) < 4.78 is 19.4. The van der Waals surface area contributed by atoms with E-state index in [1.807, 2.05) is 0 Å². The molecule has 2 nitrogen and oxygen atoms in total. The second kappa shape index (κ2) is 4.75. The van der Waals surface area contributed by atoms with Gasteiger partial charge in [-0.3, -0.25) is 0 Å². The van der Waals surface area contributed by atoms with Gasteiger partial charge in [-0.2, -0.15) is 0 Å². The summed E-state index contributed by atoms with van der Waals surface area (Å²) in [5.74, 6) is -0.134. The Balaban J connectivity index is 2.64. The van der Waals surface area contributed by atoms with Crippen LogP contribution in [0.2, 0.25) is 0 Å². The average molecular weight is 297 g/mol. The normalized spacial score (nSPS) is 10.3. The molecule has 0 atom stereocenters. The lowest BCUT2D eigenvalue weighted by Crippen LogP contribution is -1.88. The van der Waals surface area contributed by atoms with Crippen molar-refractivity contribution < 1.29 is 14.2 Å². The minimum Gasteiger partial charge on any atom is -0.504 e. The first-order chi connectivity index (χ1) is 8.13. The quantitative estimate of drug-likeness (QED) is 0.909. The van der Waals surface area contributed by atoms with Gasteiger partial charge >= 0.3 is 0 Å². The minimum atomic E-state index is -0.392. The zero-order valence-electron chi connectivity index (χ0n) is 9.08. The number of ether oxygens (including phenoxy) is 1. The fourth-order valence-corrected chi connectivity index (χ4v) is 1.97. The molecule has 0 radical (unpaired) electrons. The summed E-state index contributed by atoms with van der Waals surface area (Å²) in [5, 5.41) is 9.95. The van der Waals surface area contributed by atoms with E-state index in [0.29, 0.717) is 16.9 Å². The van der Waals surface area contributed by atoms with Crippen LogP contribution in [-0.2, 0) is 0 Å². The Morgan fingerprint density at radius 2 is 1.94 bits per heavy atom. The molecule has 1 N–H and O–H groups in total. The van der Waals surface area contributed by atoms with Crippen molar-refractivity contribution in [3.05, 3.63) is 46.7 Å². The summed E-state index contributed by atoms with van der Waals surface area (Å²) in [4.78, 5) is 0. The molecule has 2 aromatic rings. The van der Waals surface area contributed by atoms with E-state index in [1.165, 1.54) is 13.2 Å².